The summed E-state index contributed by atoms with van der Waals surface area (Å²) in [4.78, 5) is 27.0. The Hall–Kier alpha value is -3.23. The van der Waals surface area contributed by atoms with Gasteiger partial charge in [-0.25, -0.2) is 0 Å². The molecule has 1 fully saturated rings. The van der Waals surface area contributed by atoms with Crippen LogP contribution < -0.4 is 19.9 Å². The SMILES string of the molecule is COc1cccc(OC)c1OCC(=O)N1CCC(C(=O)c2cn(C)nc2N)CC1. The summed E-state index contributed by atoms with van der Waals surface area (Å²) >= 11 is 0. The average molecular weight is 402 g/mol. The number of ketones is 1. The predicted octanol–water partition coefficient (Wildman–Crippen LogP) is 1.52. The number of hydrogen-bond acceptors (Lipinski definition) is 7. The highest BCUT2D eigenvalue weighted by Crippen LogP contribution is 2.36. The topological polar surface area (TPSA) is 109 Å². The lowest BCUT2D eigenvalue weighted by atomic mass is 9.89. The van der Waals surface area contributed by atoms with Crippen LogP contribution in [-0.2, 0) is 11.8 Å². The molecule has 0 saturated carbocycles. The Morgan fingerprint density at radius 3 is 2.31 bits per heavy atom. The lowest BCUT2D eigenvalue weighted by molar-refractivity contribution is -0.134. The molecule has 2 N–H and O–H groups in total. The van der Waals surface area contributed by atoms with Gasteiger partial charge < -0.3 is 24.8 Å². The van der Waals surface area contributed by atoms with Crippen LogP contribution in [0.1, 0.15) is 23.2 Å². The van der Waals surface area contributed by atoms with Crippen molar-refractivity contribution >= 4 is 17.5 Å². The summed E-state index contributed by atoms with van der Waals surface area (Å²) in [5.74, 6) is 1.30. The number of amides is 1. The molecular formula is C20H26N4O5. The zero-order valence-electron chi connectivity index (χ0n) is 16.9. The molecule has 0 aliphatic carbocycles. The molecule has 9 heteroatoms. The quantitative estimate of drug-likeness (QED) is 0.699. The van der Waals surface area contributed by atoms with Crippen molar-refractivity contribution in [3.05, 3.63) is 30.0 Å². The third-order valence-corrected chi connectivity index (χ3v) is 5.06. The van der Waals surface area contributed by atoms with Crippen molar-refractivity contribution in [3.8, 4) is 17.2 Å². The average Bonchev–Trinajstić information content (AvgIpc) is 3.09. The second kappa shape index (κ2) is 8.85. The van der Waals surface area contributed by atoms with E-state index in [1.165, 1.54) is 18.9 Å². The van der Waals surface area contributed by atoms with Gasteiger partial charge >= 0.3 is 0 Å². The number of aryl methyl sites for hydroxylation is 1. The lowest BCUT2D eigenvalue weighted by Gasteiger charge is -2.31. The minimum atomic E-state index is -0.166. The number of likely N-dealkylation sites (tertiary alicyclic amines) is 1. The maximum atomic E-state index is 12.7. The van der Waals surface area contributed by atoms with Crippen molar-refractivity contribution in [2.75, 3.05) is 39.6 Å². The van der Waals surface area contributed by atoms with Crippen LogP contribution in [0.4, 0.5) is 5.82 Å². The van der Waals surface area contributed by atoms with Gasteiger partial charge in [-0.3, -0.25) is 14.3 Å². The number of benzene rings is 1. The van der Waals surface area contributed by atoms with Crippen LogP contribution >= 0.6 is 0 Å². The number of para-hydroxylation sites is 1. The Morgan fingerprint density at radius 2 is 1.79 bits per heavy atom. The van der Waals surface area contributed by atoms with Gasteiger partial charge in [0.15, 0.2) is 29.7 Å². The van der Waals surface area contributed by atoms with Crippen molar-refractivity contribution in [2.24, 2.45) is 13.0 Å². The lowest BCUT2D eigenvalue weighted by Crippen LogP contribution is -2.42. The number of carbonyl (C=O) groups excluding carboxylic acids is 2. The van der Waals surface area contributed by atoms with E-state index in [1.54, 1.807) is 36.3 Å². The van der Waals surface area contributed by atoms with E-state index in [4.69, 9.17) is 19.9 Å². The molecular weight excluding hydrogens is 376 g/mol. The fraction of sp³-hybridized carbons (Fsp3) is 0.450. The van der Waals surface area contributed by atoms with E-state index >= 15 is 0 Å². The highest BCUT2D eigenvalue weighted by Gasteiger charge is 2.30. The molecule has 1 aromatic heterocycles. The Labute approximate surface area is 169 Å². The number of anilines is 1. The van der Waals surface area contributed by atoms with Crippen molar-refractivity contribution in [2.45, 2.75) is 12.8 Å². The summed E-state index contributed by atoms with van der Waals surface area (Å²) in [6.45, 7) is 0.842. The standard InChI is InChI=1S/C20H26N4O5/c1-23-11-14(20(21)22-23)18(26)13-7-9-24(10-8-13)17(25)12-29-19-15(27-2)5-4-6-16(19)28-3/h4-6,11,13H,7-10,12H2,1-3H3,(H2,21,22). The molecule has 1 saturated heterocycles. The molecule has 2 aromatic rings. The third-order valence-electron chi connectivity index (χ3n) is 5.06. The number of piperidine rings is 1. The van der Waals surface area contributed by atoms with Gasteiger partial charge in [-0.15, -0.1) is 0 Å². The van der Waals surface area contributed by atoms with Gasteiger partial charge in [-0.05, 0) is 25.0 Å². The van der Waals surface area contributed by atoms with E-state index in [9.17, 15) is 9.59 Å². The van der Waals surface area contributed by atoms with Crippen LogP contribution in [0.3, 0.4) is 0 Å². The normalized spacial score (nSPS) is 14.5. The number of methoxy groups -OCH3 is 2. The van der Waals surface area contributed by atoms with Gasteiger partial charge in [0.05, 0.1) is 19.8 Å². The number of nitrogens with zero attached hydrogens (tertiary/aromatic N) is 3. The number of ether oxygens (including phenoxy) is 3. The highest BCUT2D eigenvalue weighted by atomic mass is 16.5. The van der Waals surface area contributed by atoms with Crippen molar-refractivity contribution in [1.29, 1.82) is 0 Å². The number of Topliss-reactive ketones (excluding diaryl/α,β-unsaturated/α-hetero) is 1. The number of carbonyl (C=O) groups is 2. The molecule has 1 aliphatic rings. The number of nitrogen functional groups attached to an aromatic ring is 1. The van der Waals surface area contributed by atoms with Crippen LogP contribution in [0.15, 0.2) is 24.4 Å². The van der Waals surface area contributed by atoms with E-state index in [2.05, 4.69) is 5.10 Å². The Balaban J connectivity index is 1.56. The molecule has 9 nitrogen and oxygen atoms in total. The molecule has 29 heavy (non-hydrogen) atoms. The molecule has 1 amide bonds. The third kappa shape index (κ3) is 4.44. The molecule has 0 radical (unpaired) electrons. The molecule has 3 rings (SSSR count). The predicted molar refractivity (Wildman–Crippen MR) is 106 cm³/mol. The molecule has 0 atom stereocenters. The second-order valence-electron chi connectivity index (χ2n) is 6.90. The maximum Gasteiger partial charge on any atom is 0.260 e. The fourth-order valence-electron chi connectivity index (χ4n) is 3.49. The van der Waals surface area contributed by atoms with Crippen LogP contribution in [0.5, 0.6) is 17.2 Å². The summed E-state index contributed by atoms with van der Waals surface area (Å²) in [6, 6.07) is 5.26. The largest absolute Gasteiger partial charge is 0.493 e. The summed E-state index contributed by atoms with van der Waals surface area (Å²) in [5, 5.41) is 4.02. The van der Waals surface area contributed by atoms with E-state index in [0.29, 0.717) is 48.7 Å². The van der Waals surface area contributed by atoms with Crippen molar-refractivity contribution < 1.29 is 23.8 Å². The number of nitrogens with two attached hydrogens (primary N) is 1. The first-order valence-corrected chi connectivity index (χ1v) is 9.39. The molecule has 1 aromatic carbocycles. The number of rotatable bonds is 7. The van der Waals surface area contributed by atoms with Crippen molar-refractivity contribution in [3.63, 3.8) is 0 Å². The Morgan fingerprint density at radius 1 is 1.17 bits per heavy atom. The molecule has 1 aliphatic heterocycles. The summed E-state index contributed by atoms with van der Waals surface area (Å²) in [6.07, 6.45) is 2.80. The smallest absolute Gasteiger partial charge is 0.260 e. The first-order valence-electron chi connectivity index (χ1n) is 9.39. The zero-order chi connectivity index (χ0) is 21.0. The van der Waals surface area contributed by atoms with Gasteiger partial charge in [0.1, 0.15) is 0 Å². The molecule has 2 heterocycles. The summed E-state index contributed by atoms with van der Waals surface area (Å²) in [5.41, 5.74) is 6.26. The van der Waals surface area contributed by atoms with Gasteiger partial charge in [-0.1, -0.05) is 6.07 Å². The van der Waals surface area contributed by atoms with Crippen LogP contribution in [-0.4, -0.2) is 60.3 Å². The number of aromatic nitrogens is 2. The first kappa shape index (κ1) is 20.5. The minimum absolute atomic E-state index is 0.0160. The molecule has 0 unspecified atom stereocenters. The summed E-state index contributed by atoms with van der Waals surface area (Å²) < 4.78 is 17.8. The summed E-state index contributed by atoms with van der Waals surface area (Å²) in [7, 11) is 4.78. The zero-order valence-corrected chi connectivity index (χ0v) is 16.9. The molecule has 0 bridgehead atoms. The first-order chi connectivity index (χ1) is 13.9. The van der Waals surface area contributed by atoms with Crippen LogP contribution in [0.25, 0.3) is 0 Å². The van der Waals surface area contributed by atoms with E-state index in [0.717, 1.165) is 0 Å². The van der Waals surface area contributed by atoms with E-state index in [1.807, 2.05) is 0 Å². The fourth-order valence-corrected chi connectivity index (χ4v) is 3.49. The molecule has 0 spiro atoms. The van der Waals surface area contributed by atoms with Gasteiger partial charge in [0.25, 0.3) is 5.91 Å². The van der Waals surface area contributed by atoms with E-state index in [-0.39, 0.29) is 30.0 Å². The van der Waals surface area contributed by atoms with Crippen molar-refractivity contribution in [1.82, 2.24) is 14.7 Å². The van der Waals surface area contributed by atoms with Gasteiger partial charge in [-0.2, -0.15) is 5.10 Å². The Bertz CT molecular complexity index is 865. The number of hydrogen-bond donors (Lipinski definition) is 1. The van der Waals surface area contributed by atoms with Gasteiger partial charge in [0, 0.05) is 32.3 Å². The van der Waals surface area contributed by atoms with Crippen LogP contribution in [0.2, 0.25) is 0 Å². The second-order valence-corrected chi connectivity index (χ2v) is 6.90. The molecule has 156 valence electrons. The maximum absolute atomic E-state index is 12.7. The monoisotopic (exact) mass is 402 g/mol. The minimum Gasteiger partial charge on any atom is -0.493 e. The highest BCUT2D eigenvalue weighted by molar-refractivity contribution is 6.01. The van der Waals surface area contributed by atoms with Crippen LogP contribution in [0, 0.1) is 5.92 Å². The van der Waals surface area contributed by atoms with E-state index < -0.39 is 0 Å². The van der Waals surface area contributed by atoms with Gasteiger partial charge in [0.2, 0.25) is 5.75 Å². The Kier molecular flexibility index (Phi) is 6.26.